The standard InChI is InChI=1S/C22H26ClN3OS/c1-5-25(6-2)11-12-26(21(27)17-9-7-8-10-18(17)23)22-24-19-14-15(3)13-16(4)20(19)28-22/h7-10,13-14H,5-6,11-12H2,1-4H3. The third-order valence-corrected chi connectivity index (χ3v) is 6.48. The van der Waals surface area contributed by atoms with Gasteiger partial charge in [0.25, 0.3) is 5.91 Å². The van der Waals surface area contributed by atoms with Crippen molar-refractivity contribution in [1.29, 1.82) is 0 Å². The Labute approximate surface area is 175 Å². The van der Waals surface area contributed by atoms with E-state index >= 15 is 0 Å². The van der Waals surface area contributed by atoms with Crippen LogP contribution in [0.3, 0.4) is 0 Å². The Balaban J connectivity index is 2.02. The summed E-state index contributed by atoms with van der Waals surface area (Å²) in [6.45, 7) is 11.7. The molecule has 0 aliphatic carbocycles. The second-order valence-electron chi connectivity index (χ2n) is 6.89. The Bertz CT molecular complexity index is 981. The number of fused-ring (bicyclic) bond motifs is 1. The average molecular weight is 416 g/mol. The van der Waals surface area contributed by atoms with Crippen LogP contribution in [-0.4, -0.2) is 42.0 Å². The number of likely N-dealkylation sites (N-methyl/N-ethyl adjacent to an activating group) is 1. The summed E-state index contributed by atoms with van der Waals surface area (Å²) in [5.74, 6) is -0.105. The van der Waals surface area contributed by atoms with Gasteiger partial charge in [0.2, 0.25) is 0 Å². The highest BCUT2D eigenvalue weighted by Gasteiger charge is 2.23. The summed E-state index contributed by atoms with van der Waals surface area (Å²) in [5.41, 5.74) is 3.81. The van der Waals surface area contributed by atoms with Crippen molar-refractivity contribution in [3.8, 4) is 0 Å². The number of hydrogen-bond donors (Lipinski definition) is 0. The van der Waals surface area contributed by atoms with Gasteiger partial charge in [-0.1, -0.05) is 55.0 Å². The van der Waals surface area contributed by atoms with Crippen molar-refractivity contribution >= 4 is 44.2 Å². The van der Waals surface area contributed by atoms with Crippen molar-refractivity contribution in [3.63, 3.8) is 0 Å². The predicted octanol–water partition coefficient (Wildman–Crippen LogP) is 5.56. The van der Waals surface area contributed by atoms with Crippen LogP contribution in [0.1, 0.15) is 35.3 Å². The highest BCUT2D eigenvalue weighted by atomic mass is 35.5. The Hall–Kier alpha value is -1.95. The summed E-state index contributed by atoms with van der Waals surface area (Å²) in [4.78, 5) is 22.3. The molecule has 28 heavy (non-hydrogen) atoms. The molecule has 0 spiro atoms. The molecular formula is C22H26ClN3OS. The number of carbonyl (C=O) groups excluding carboxylic acids is 1. The third-order valence-electron chi connectivity index (χ3n) is 4.92. The molecule has 0 unspecified atom stereocenters. The molecule has 0 aliphatic heterocycles. The molecule has 4 nitrogen and oxygen atoms in total. The zero-order chi connectivity index (χ0) is 20.3. The first-order valence-electron chi connectivity index (χ1n) is 9.61. The van der Waals surface area contributed by atoms with E-state index in [0.29, 0.717) is 17.1 Å². The monoisotopic (exact) mass is 415 g/mol. The summed E-state index contributed by atoms with van der Waals surface area (Å²) in [7, 11) is 0. The SMILES string of the molecule is CCN(CC)CCN(C(=O)c1ccccc1Cl)c1nc2cc(C)cc(C)c2s1. The highest BCUT2D eigenvalue weighted by Crippen LogP contribution is 2.33. The largest absolute Gasteiger partial charge is 0.302 e. The molecule has 3 rings (SSSR count). The fraction of sp³-hybridized carbons (Fsp3) is 0.364. The molecule has 0 atom stereocenters. The van der Waals surface area contributed by atoms with Crippen LogP contribution in [0.5, 0.6) is 0 Å². The number of carbonyl (C=O) groups is 1. The lowest BCUT2D eigenvalue weighted by molar-refractivity contribution is 0.0984. The molecule has 1 heterocycles. The van der Waals surface area contributed by atoms with Gasteiger partial charge in [0.05, 0.1) is 20.8 Å². The summed E-state index contributed by atoms with van der Waals surface area (Å²) in [5, 5.41) is 1.19. The van der Waals surface area contributed by atoms with E-state index in [0.717, 1.165) is 35.0 Å². The van der Waals surface area contributed by atoms with E-state index in [4.69, 9.17) is 16.6 Å². The quantitative estimate of drug-likeness (QED) is 0.507. The smallest absolute Gasteiger partial charge is 0.261 e. The zero-order valence-corrected chi connectivity index (χ0v) is 18.4. The van der Waals surface area contributed by atoms with Crippen molar-refractivity contribution in [2.24, 2.45) is 0 Å². The van der Waals surface area contributed by atoms with Gasteiger partial charge >= 0.3 is 0 Å². The second-order valence-corrected chi connectivity index (χ2v) is 8.27. The van der Waals surface area contributed by atoms with Gasteiger partial charge < -0.3 is 4.90 Å². The van der Waals surface area contributed by atoms with Gasteiger partial charge in [0, 0.05) is 13.1 Å². The molecule has 1 aromatic heterocycles. The molecule has 2 aromatic carbocycles. The van der Waals surface area contributed by atoms with Gasteiger partial charge in [-0.25, -0.2) is 4.98 Å². The van der Waals surface area contributed by atoms with Gasteiger partial charge in [-0.05, 0) is 56.3 Å². The van der Waals surface area contributed by atoms with Gasteiger partial charge in [0.15, 0.2) is 5.13 Å². The van der Waals surface area contributed by atoms with E-state index in [9.17, 15) is 4.79 Å². The summed E-state index contributed by atoms with van der Waals surface area (Å²) < 4.78 is 1.13. The Morgan fingerprint density at radius 3 is 2.50 bits per heavy atom. The molecule has 6 heteroatoms. The van der Waals surface area contributed by atoms with Gasteiger partial charge in [-0.3, -0.25) is 9.69 Å². The first-order chi connectivity index (χ1) is 13.4. The van der Waals surface area contributed by atoms with Crippen LogP contribution in [0, 0.1) is 13.8 Å². The molecule has 0 N–H and O–H groups in total. The molecule has 0 fully saturated rings. The van der Waals surface area contributed by atoms with Crippen LogP contribution in [0.15, 0.2) is 36.4 Å². The van der Waals surface area contributed by atoms with Crippen LogP contribution in [0.25, 0.3) is 10.2 Å². The van der Waals surface area contributed by atoms with E-state index in [1.54, 1.807) is 28.4 Å². The van der Waals surface area contributed by atoms with Gasteiger partial charge in [0.1, 0.15) is 0 Å². The van der Waals surface area contributed by atoms with Crippen LogP contribution in [-0.2, 0) is 0 Å². The lowest BCUT2D eigenvalue weighted by atomic mass is 10.1. The number of halogens is 1. The predicted molar refractivity (Wildman–Crippen MR) is 120 cm³/mol. The second kappa shape index (κ2) is 9.03. The van der Waals surface area contributed by atoms with Crippen LogP contribution < -0.4 is 4.90 Å². The van der Waals surface area contributed by atoms with E-state index in [1.807, 2.05) is 12.1 Å². The number of nitrogens with zero attached hydrogens (tertiary/aromatic N) is 3. The van der Waals surface area contributed by atoms with E-state index in [-0.39, 0.29) is 5.91 Å². The maximum absolute atomic E-state index is 13.4. The van der Waals surface area contributed by atoms with Gasteiger partial charge in [-0.15, -0.1) is 0 Å². The topological polar surface area (TPSA) is 36.4 Å². The van der Waals surface area contributed by atoms with Crippen molar-refractivity contribution in [3.05, 3.63) is 58.1 Å². The number of rotatable bonds is 7. The van der Waals surface area contributed by atoms with Crippen molar-refractivity contribution in [2.75, 3.05) is 31.1 Å². The van der Waals surface area contributed by atoms with Gasteiger partial charge in [-0.2, -0.15) is 0 Å². The lowest BCUT2D eigenvalue weighted by Gasteiger charge is -2.25. The molecule has 0 bridgehead atoms. The van der Waals surface area contributed by atoms with Crippen LogP contribution >= 0.6 is 22.9 Å². The van der Waals surface area contributed by atoms with Crippen molar-refractivity contribution in [1.82, 2.24) is 9.88 Å². The minimum absolute atomic E-state index is 0.105. The third kappa shape index (κ3) is 4.37. The number of benzene rings is 2. The number of anilines is 1. The molecule has 148 valence electrons. The minimum atomic E-state index is -0.105. The highest BCUT2D eigenvalue weighted by molar-refractivity contribution is 7.22. The summed E-state index contributed by atoms with van der Waals surface area (Å²) >= 11 is 7.89. The number of amides is 1. The maximum Gasteiger partial charge on any atom is 0.261 e. The lowest BCUT2D eigenvalue weighted by Crippen LogP contribution is -2.39. The molecule has 0 saturated carbocycles. The first kappa shape index (κ1) is 20.8. The Kier molecular flexibility index (Phi) is 6.70. The van der Waals surface area contributed by atoms with E-state index in [1.165, 1.54) is 11.1 Å². The van der Waals surface area contributed by atoms with E-state index < -0.39 is 0 Å². The number of aryl methyl sites for hydroxylation is 2. The normalized spacial score (nSPS) is 11.4. The number of hydrogen-bond acceptors (Lipinski definition) is 4. The molecule has 0 radical (unpaired) electrons. The summed E-state index contributed by atoms with van der Waals surface area (Å²) in [6, 6.07) is 11.4. The fourth-order valence-electron chi connectivity index (χ4n) is 3.33. The first-order valence-corrected chi connectivity index (χ1v) is 10.8. The zero-order valence-electron chi connectivity index (χ0n) is 16.8. The average Bonchev–Trinajstić information content (AvgIpc) is 3.09. The molecule has 0 aliphatic rings. The fourth-order valence-corrected chi connectivity index (χ4v) is 4.58. The maximum atomic E-state index is 13.4. The summed E-state index contributed by atoms with van der Waals surface area (Å²) in [6.07, 6.45) is 0. The minimum Gasteiger partial charge on any atom is -0.302 e. The van der Waals surface area contributed by atoms with Crippen molar-refractivity contribution in [2.45, 2.75) is 27.7 Å². The van der Waals surface area contributed by atoms with Crippen LogP contribution in [0.4, 0.5) is 5.13 Å². The Morgan fingerprint density at radius 2 is 1.82 bits per heavy atom. The molecular weight excluding hydrogens is 390 g/mol. The number of thiazole rings is 1. The molecule has 3 aromatic rings. The van der Waals surface area contributed by atoms with Crippen LogP contribution in [0.2, 0.25) is 5.02 Å². The Morgan fingerprint density at radius 1 is 1.11 bits per heavy atom. The van der Waals surface area contributed by atoms with Crippen molar-refractivity contribution < 1.29 is 4.79 Å². The van der Waals surface area contributed by atoms with E-state index in [2.05, 4.69) is 44.7 Å². The molecule has 1 amide bonds. The number of aromatic nitrogens is 1. The molecule has 0 saturated heterocycles.